The third kappa shape index (κ3) is 2.08. The van der Waals surface area contributed by atoms with Crippen LogP contribution in [0.5, 0.6) is 0 Å². The van der Waals surface area contributed by atoms with Crippen molar-refractivity contribution < 1.29 is 0 Å². The molecule has 114 valence electrons. The van der Waals surface area contributed by atoms with Crippen molar-refractivity contribution in [3.63, 3.8) is 0 Å². The summed E-state index contributed by atoms with van der Waals surface area (Å²) in [7, 11) is 0. The second-order valence-electron chi connectivity index (χ2n) is 5.75. The van der Waals surface area contributed by atoms with Crippen LogP contribution in [0.25, 0.3) is 10.2 Å². The van der Waals surface area contributed by atoms with Crippen LogP contribution in [0.2, 0.25) is 0 Å². The molecule has 1 aliphatic rings. The summed E-state index contributed by atoms with van der Waals surface area (Å²) >= 11 is 1.68. The van der Waals surface area contributed by atoms with Gasteiger partial charge in [0.05, 0.1) is 17.8 Å². The van der Waals surface area contributed by atoms with Gasteiger partial charge in [-0.25, -0.2) is 9.97 Å². The number of aromatic nitrogens is 5. The van der Waals surface area contributed by atoms with Crippen LogP contribution in [0.1, 0.15) is 48.5 Å². The number of fused-ring (bicyclic) bond motifs is 3. The maximum absolute atomic E-state index is 13.0. The molecule has 3 aromatic rings. The van der Waals surface area contributed by atoms with Gasteiger partial charge in [-0.15, -0.1) is 11.3 Å². The summed E-state index contributed by atoms with van der Waals surface area (Å²) in [6.45, 7) is 1.93. The second kappa shape index (κ2) is 5.31. The first-order valence-corrected chi connectivity index (χ1v) is 8.44. The van der Waals surface area contributed by atoms with Crippen molar-refractivity contribution in [2.75, 3.05) is 0 Å². The molecule has 0 aliphatic heterocycles. The molecule has 1 atom stereocenters. The predicted octanol–water partition coefficient (Wildman–Crippen LogP) is 2.45. The Kier molecular flexibility index (Phi) is 3.29. The van der Waals surface area contributed by atoms with E-state index in [1.807, 2.05) is 6.92 Å². The number of aromatic amines is 1. The number of nitrogens with zero attached hydrogens (tertiary/aromatic N) is 4. The van der Waals surface area contributed by atoms with Gasteiger partial charge in [0.1, 0.15) is 17.0 Å². The molecule has 6 nitrogen and oxygen atoms in total. The van der Waals surface area contributed by atoms with Crippen LogP contribution in [0, 0.1) is 0 Å². The minimum Gasteiger partial charge on any atom is -0.288 e. The quantitative estimate of drug-likeness (QED) is 0.737. The molecule has 0 fully saturated rings. The van der Waals surface area contributed by atoms with Crippen LogP contribution in [-0.4, -0.2) is 24.7 Å². The molecule has 7 heteroatoms. The summed E-state index contributed by atoms with van der Waals surface area (Å²) in [5.74, 6) is 0.671. The van der Waals surface area contributed by atoms with Crippen LogP contribution in [0.15, 0.2) is 17.4 Å². The first kappa shape index (κ1) is 13.6. The first-order chi connectivity index (χ1) is 10.8. The van der Waals surface area contributed by atoms with Crippen molar-refractivity contribution in [3.05, 3.63) is 39.3 Å². The van der Waals surface area contributed by atoms with E-state index in [9.17, 15) is 4.79 Å². The number of nitrogens with one attached hydrogen (secondary N) is 1. The van der Waals surface area contributed by atoms with Crippen LogP contribution in [0.4, 0.5) is 0 Å². The zero-order valence-corrected chi connectivity index (χ0v) is 13.2. The van der Waals surface area contributed by atoms with E-state index < -0.39 is 0 Å². The lowest BCUT2D eigenvalue weighted by atomic mass is 10.1. The molecule has 0 bridgehead atoms. The highest BCUT2D eigenvalue weighted by atomic mass is 32.1. The second-order valence-corrected chi connectivity index (χ2v) is 6.83. The summed E-state index contributed by atoms with van der Waals surface area (Å²) in [5, 5.41) is 7.51. The minimum atomic E-state index is -0.201. The Morgan fingerprint density at radius 1 is 1.27 bits per heavy atom. The molecule has 0 saturated heterocycles. The number of aryl methyl sites for hydroxylation is 2. The van der Waals surface area contributed by atoms with Gasteiger partial charge in [0.25, 0.3) is 5.56 Å². The van der Waals surface area contributed by atoms with Gasteiger partial charge in [-0.2, -0.15) is 5.10 Å². The molecule has 0 radical (unpaired) electrons. The molecular weight excluding hydrogens is 298 g/mol. The Morgan fingerprint density at radius 3 is 2.95 bits per heavy atom. The van der Waals surface area contributed by atoms with E-state index in [0.717, 1.165) is 29.5 Å². The highest BCUT2D eigenvalue weighted by Crippen LogP contribution is 2.33. The highest BCUT2D eigenvalue weighted by molar-refractivity contribution is 7.18. The molecule has 4 rings (SSSR count). The Morgan fingerprint density at radius 2 is 2.14 bits per heavy atom. The van der Waals surface area contributed by atoms with E-state index in [1.54, 1.807) is 22.2 Å². The molecule has 0 aromatic carbocycles. The molecule has 3 heterocycles. The van der Waals surface area contributed by atoms with E-state index in [-0.39, 0.29) is 11.6 Å². The fourth-order valence-corrected chi connectivity index (χ4v) is 4.38. The molecular formula is C15H17N5OS. The number of thiophene rings is 1. The highest BCUT2D eigenvalue weighted by Gasteiger charge is 2.21. The van der Waals surface area contributed by atoms with Crippen molar-refractivity contribution in [2.24, 2.45) is 0 Å². The largest absolute Gasteiger partial charge is 0.288 e. The van der Waals surface area contributed by atoms with Gasteiger partial charge in [-0.1, -0.05) is 6.42 Å². The third-order valence-corrected chi connectivity index (χ3v) is 5.60. The molecule has 3 aromatic heterocycles. The third-order valence-electron chi connectivity index (χ3n) is 4.40. The molecule has 0 unspecified atom stereocenters. The van der Waals surface area contributed by atoms with Gasteiger partial charge < -0.3 is 0 Å². The Labute approximate surface area is 131 Å². The average Bonchev–Trinajstić information content (AvgIpc) is 3.11. The number of hydrogen-bond donors (Lipinski definition) is 1. The summed E-state index contributed by atoms with van der Waals surface area (Å²) in [4.78, 5) is 23.9. The first-order valence-electron chi connectivity index (χ1n) is 7.62. The van der Waals surface area contributed by atoms with Gasteiger partial charge >= 0.3 is 0 Å². The molecule has 1 aliphatic carbocycles. The van der Waals surface area contributed by atoms with Crippen LogP contribution >= 0.6 is 11.3 Å². The lowest BCUT2D eigenvalue weighted by Gasteiger charge is -2.11. The zero-order valence-electron chi connectivity index (χ0n) is 12.4. The van der Waals surface area contributed by atoms with Crippen molar-refractivity contribution in [2.45, 2.75) is 45.1 Å². The normalized spacial score (nSPS) is 16.4. The molecule has 22 heavy (non-hydrogen) atoms. The van der Waals surface area contributed by atoms with Gasteiger partial charge in [0.2, 0.25) is 0 Å². The zero-order chi connectivity index (χ0) is 15.1. The van der Waals surface area contributed by atoms with Crippen LogP contribution < -0.4 is 5.56 Å². The molecule has 0 spiro atoms. The van der Waals surface area contributed by atoms with Crippen molar-refractivity contribution in [3.8, 4) is 0 Å². The van der Waals surface area contributed by atoms with Crippen molar-refractivity contribution in [1.29, 1.82) is 0 Å². The molecule has 1 N–H and O–H groups in total. The lowest BCUT2D eigenvalue weighted by Crippen LogP contribution is -2.25. The van der Waals surface area contributed by atoms with E-state index >= 15 is 0 Å². The van der Waals surface area contributed by atoms with Gasteiger partial charge in [-0.05, 0) is 38.2 Å². The van der Waals surface area contributed by atoms with E-state index in [1.165, 1.54) is 29.6 Å². The number of H-pyrrole nitrogens is 1. The van der Waals surface area contributed by atoms with Gasteiger partial charge in [0, 0.05) is 4.88 Å². The summed E-state index contributed by atoms with van der Waals surface area (Å²) in [5.41, 5.74) is 1.27. The number of hydrogen-bond acceptors (Lipinski definition) is 5. The lowest BCUT2D eigenvalue weighted by molar-refractivity contribution is 0.577. The minimum absolute atomic E-state index is 0.0355. The van der Waals surface area contributed by atoms with Gasteiger partial charge in [0.15, 0.2) is 0 Å². The molecule has 0 amide bonds. The average molecular weight is 315 g/mol. The monoisotopic (exact) mass is 315 g/mol. The SMILES string of the molecule is C[C@H](c1ncn[nH]1)n1cnc2sc3c(c2c1=O)CCCCC3. The van der Waals surface area contributed by atoms with Crippen molar-refractivity contribution >= 4 is 21.6 Å². The van der Waals surface area contributed by atoms with Gasteiger partial charge in [-0.3, -0.25) is 14.5 Å². The van der Waals surface area contributed by atoms with Crippen molar-refractivity contribution in [1.82, 2.24) is 24.7 Å². The maximum Gasteiger partial charge on any atom is 0.263 e. The fourth-order valence-electron chi connectivity index (χ4n) is 3.16. The molecule has 0 saturated carbocycles. The Hall–Kier alpha value is -2.02. The summed E-state index contributed by atoms with van der Waals surface area (Å²) < 4.78 is 1.65. The smallest absolute Gasteiger partial charge is 0.263 e. The standard InChI is InChI=1S/C15H17N5OS/c1-9(13-16-7-18-19-13)20-8-17-14-12(15(20)21)10-5-3-2-4-6-11(10)22-14/h7-9H,2-6H2,1H3,(H,16,18,19)/t9-/m1/s1. The predicted molar refractivity (Wildman–Crippen MR) is 85.3 cm³/mol. The fraction of sp³-hybridized carbons (Fsp3) is 0.467. The van der Waals surface area contributed by atoms with Crippen LogP contribution in [-0.2, 0) is 12.8 Å². The van der Waals surface area contributed by atoms with Crippen LogP contribution in [0.3, 0.4) is 0 Å². The Balaban J connectivity index is 1.90. The summed E-state index contributed by atoms with van der Waals surface area (Å²) in [6.07, 6.45) is 8.77. The Bertz CT molecular complexity index is 864. The van der Waals surface area contributed by atoms with E-state index in [2.05, 4.69) is 20.2 Å². The maximum atomic E-state index is 13.0. The van der Waals surface area contributed by atoms with E-state index in [4.69, 9.17) is 0 Å². The summed E-state index contributed by atoms with van der Waals surface area (Å²) in [6, 6.07) is -0.201. The van der Waals surface area contributed by atoms with E-state index in [0.29, 0.717) is 5.82 Å². The topological polar surface area (TPSA) is 76.5 Å². The number of rotatable bonds is 2.